The average molecular weight is 262 g/mol. The topological polar surface area (TPSA) is 0 Å². The van der Waals surface area contributed by atoms with Crippen molar-refractivity contribution in [2.45, 2.75) is 49.1 Å². The number of hydrogen-bond donors (Lipinski definition) is 0. The van der Waals surface area contributed by atoms with E-state index in [4.69, 9.17) is 0 Å². The van der Waals surface area contributed by atoms with Crippen molar-refractivity contribution < 1.29 is 30.7 Å². The van der Waals surface area contributed by atoms with Gasteiger partial charge in [-0.1, -0.05) is 0 Å². The summed E-state index contributed by atoms with van der Waals surface area (Å²) in [5.74, 6) is -11.0. The molecule has 7 heteroatoms. The number of alkyl halides is 7. The Hall–Kier alpha value is -0.490. The summed E-state index contributed by atoms with van der Waals surface area (Å²) in [6.45, 7) is 0. The van der Waals surface area contributed by atoms with E-state index in [0.717, 1.165) is 0 Å². The largest absolute Gasteiger partial charge is 0.342 e. The second kappa shape index (κ2) is 2.59. The molecule has 3 rings (SSSR count). The van der Waals surface area contributed by atoms with Crippen molar-refractivity contribution in [3.05, 3.63) is 0 Å². The Morgan fingerprint density at radius 2 is 1.47 bits per heavy atom. The predicted octanol–water partition coefficient (Wildman–Crippen LogP) is 3.46. The van der Waals surface area contributed by atoms with Crippen molar-refractivity contribution in [3.63, 3.8) is 0 Å². The summed E-state index contributed by atoms with van der Waals surface area (Å²) in [4.78, 5) is 0. The molecule has 0 N–H and O–H groups in total. The Morgan fingerprint density at radius 3 is 1.94 bits per heavy atom. The number of hydrogen-bond acceptors (Lipinski definition) is 0. The standard InChI is InChI=1S/C10H9F7/c11-4-1-2-5-7(13,3-4)8(5)6(12)9(14,15)10(8,16)17/h4-6H,1-3H2. The van der Waals surface area contributed by atoms with Gasteiger partial charge in [-0.2, -0.15) is 17.6 Å². The van der Waals surface area contributed by atoms with E-state index in [1.807, 2.05) is 0 Å². The van der Waals surface area contributed by atoms with Crippen LogP contribution in [0.3, 0.4) is 0 Å². The molecule has 1 spiro atoms. The van der Waals surface area contributed by atoms with Crippen LogP contribution in [0, 0.1) is 11.3 Å². The summed E-state index contributed by atoms with van der Waals surface area (Å²) in [5.41, 5.74) is -5.79. The van der Waals surface area contributed by atoms with Crippen LogP contribution < -0.4 is 0 Å². The lowest BCUT2D eigenvalue weighted by molar-refractivity contribution is -0.377. The van der Waals surface area contributed by atoms with Gasteiger partial charge in [0.2, 0.25) is 0 Å². The van der Waals surface area contributed by atoms with Gasteiger partial charge >= 0.3 is 11.8 Å². The van der Waals surface area contributed by atoms with Crippen LogP contribution in [0.2, 0.25) is 0 Å². The second-order valence-corrected chi connectivity index (χ2v) is 5.22. The highest BCUT2D eigenvalue weighted by Gasteiger charge is 3.05. The maximum absolute atomic E-state index is 14.1. The summed E-state index contributed by atoms with van der Waals surface area (Å²) in [7, 11) is 0. The van der Waals surface area contributed by atoms with Gasteiger partial charge in [0.05, 0.1) is 0 Å². The Labute approximate surface area is 92.2 Å². The van der Waals surface area contributed by atoms with E-state index in [9.17, 15) is 30.7 Å². The molecule has 5 atom stereocenters. The van der Waals surface area contributed by atoms with Gasteiger partial charge in [-0.05, 0) is 12.8 Å². The number of fused-ring (bicyclic) bond motifs is 3. The Morgan fingerprint density at radius 1 is 0.882 bits per heavy atom. The first-order chi connectivity index (χ1) is 7.64. The molecule has 5 unspecified atom stereocenters. The van der Waals surface area contributed by atoms with E-state index >= 15 is 0 Å². The van der Waals surface area contributed by atoms with Crippen LogP contribution in [-0.4, -0.2) is 29.9 Å². The normalized spacial score (nSPS) is 58.4. The van der Waals surface area contributed by atoms with Crippen molar-refractivity contribution in [1.29, 1.82) is 0 Å². The molecule has 98 valence electrons. The molecular weight excluding hydrogens is 253 g/mol. The lowest BCUT2D eigenvalue weighted by Crippen LogP contribution is -2.72. The Kier molecular flexibility index (Phi) is 1.77. The summed E-state index contributed by atoms with van der Waals surface area (Å²) in [6, 6.07) is 0. The molecule has 0 radical (unpaired) electrons. The number of rotatable bonds is 0. The molecule has 0 aliphatic heterocycles. The first-order valence-electron chi connectivity index (χ1n) is 5.36. The molecule has 3 aliphatic carbocycles. The fourth-order valence-corrected chi connectivity index (χ4v) is 3.81. The van der Waals surface area contributed by atoms with Gasteiger partial charge in [-0.3, -0.25) is 0 Å². The molecule has 17 heavy (non-hydrogen) atoms. The Bertz CT molecular complexity index is 381. The molecule has 0 saturated heterocycles. The fourth-order valence-electron chi connectivity index (χ4n) is 3.81. The van der Waals surface area contributed by atoms with Crippen LogP contribution in [0.5, 0.6) is 0 Å². The van der Waals surface area contributed by atoms with Crippen LogP contribution in [0.25, 0.3) is 0 Å². The smallest absolute Gasteiger partial charge is 0.247 e. The van der Waals surface area contributed by atoms with Gasteiger partial charge in [-0.25, -0.2) is 13.2 Å². The van der Waals surface area contributed by atoms with Gasteiger partial charge in [0.15, 0.2) is 6.17 Å². The first kappa shape index (κ1) is 11.6. The van der Waals surface area contributed by atoms with E-state index in [-0.39, 0.29) is 12.8 Å². The zero-order valence-electron chi connectivity index (χ0n) is 8.50. The van der Waals surface area contributed by atoms with Crippen molar-refractivity contribution in [2.24, 2.45) is 11.3 Å². The number of halogens is 7. The molecule has 3 aliphatic rings. The zero-order chi connectivity index (χ0) is 12.9. The van der Waals surface area contributed by atoms with Crippen molar-refractivity contribution in [1.82, 2.24) is 0 Å². The molecule has 3 saturated carbocycles. The van der Waals surface area contributed by atoms with Crippen LogP contribution >= 0.6 is 0 Å². The van der Waals surface area contributed by atoms with Crippen LogP contribution in [0.15, 0.2) is 0 Å². The minimum atomic E-state index is -4.84. The van der Waals surface area contributed by atoms with Crippen LogP contribution in [0.4, 0.5) is 30.7 Å². The van der Waals surface area contributed by atoms with Crippen molar-refractivity contribution >= 4 is 0 Å². The van der Waals surface area contributed by atoms with E-state index < -0.39 is 47.6 Å². The highest BCUT2D eigenvalue weighted by Crippen LogP contribution is 2.87. The summed E-state index contributed by atoms with van der Waals surface area (Å²) >= 11 is 0. The third-order valence-corrected chi connectivity index (χ3v) is 4.65. The molecule has 0 aromatic carbocycles. The van der Waals surface area contributed by atoms with Gasteiger partial charge in [0.1, 0.15) is 17.3 Å². The van der Waals surface area contributed by atoms with E-state index in [1.54, 1.807) is 0 Å². The molecule has 0 aromatic rings. The molecule has 3 fully saturated rings. The van der Waals surface area contributed by atoms with Crippen molar-refractivity contribution in [3.8, 4) is 0 Å². The highest BCUT2D eigenvalue weighted by atomic mass is 19.3. The highest BCUT2D eigenvalue weighted by molar-refractivity contribution is 5.42. The van der Waals surface area contributed by atoms with E-state index in [2.05, 4.69) is 0 Å². The molecule has 0 bridgehead atoms. The predicted molar refractivity (Wildman–Crippen MR) is 43.3 cm³/mol. The van der Waals surface area contributed by atoms with E-state index in [0.29, 0.717) is 0 Å². The first-order valence-corrected chi connectivity index (χ1v) is 5.36. The second-order valence-electron chi connectivity index (χ2n) is 5.22. The molecule has 0 nitrogen and oxygen atoms in total. The minimum absolute atomic E-state index is 0.174. The zero-order valence-corrected chi connectivity index (χ0v) is 8.50. The third-order valence-electron chi connectivity index (χ3n) is 4.65. The lowest BCUT2D eigenvalue weighted by Gasteiger charge is -2.49. The van der Waals surface area contributed by atoms with Crippen molar-refractivity contribution in [2.75, 3.05) is 0 Å². The van der Waals surface area contributed by atoms with Crippen LogP contribution in [-0.2, 0) is 0 Å². The lowest BCUT2D eigenvalue weighted by atomic mass is 9.67. The summed E-state index contributed by atoms with van der Waals surface area (Å²) in [6.07, 6.45) is -6.25. The summed E-state index contributed by atoms with van der Waals surface area (Å²) in [5, 5.41) is 0. The minimum Gasteiger partial charge on any atom is -0.247 e. The quantitative estimate of drug-likeness (QED) is 0.586. The average Bonchev–Trinajstić information content (AvgIpc) is 2.77. The SMILES string of the molecule is FC1CCC2C(F)(C1)C21C(F)C(F)(F)C1(F)F. The fraction of sp³-hybridized carbons (Fsp3) is 1.00. The monoisotopic (exact) mass is 262 g/mol. The van der Waals surface area contributed by atoms with Crippen LogP contribution in [0.1, 0.15) is 19.3 Å². The third kappa shape index (κ3) is 0.827. The van der Waals surface area contributed by atoms with E-state index in [1.165, 1.54) is 0 Å². The maximum atomic E-state index is 14.1. The molecule has 0 heterocycles. The van der Waals surface area contributed by atoms with Gasteiger partial charge in [0, 0.05) is 12.3 Å². The van der Waals surface area contributed by atoms with Gasteiger partial charge in [-0.15, -0.1) is 0 Å². The molecule has 0 aromatic heterocycles. The van der Waals surface area contributed by atoms with Gasteiger partial charge < -0.3 is 0 Å². The molecule has 0 amide bonds. The molecular formula is C10H9F7. The van der Waals surface area contributed by atoms with Gasteiger partial charge in [0.25, 0.3) is 0 Å². The maximum Gasteiger partial charge on any atom is 0.342 e. The Balaban J connectivity index is 2.01. The summed E-state index contributed by atoms with van der Waals surface area (Å²) < 4.78 is 92.6.